The Morgan fingerprint density at radius 1 is 1.16 bits per heavy atom. The number of ether oxygens (including phenoxy) is 1. The Balaban J connectivity index is 0.00000225. The van der Waals surface area contributed by atoms with Crippen LogP contribution in [0.3, 0.4) is 0 Å². The van der Waals surface area contributed by atoms with Crippen LogP contribution in [-0.4, -0.2) is 36.0 Å². The second-order valence-corrected chi connectivity index (χ2v) is 6.50. The summed E-state index contributed by atoms with van der Waals surface area (Å²) in [6, 6.07) is 17.9. The van der Waals surface area contributed by atoms with Crippen molar-refractivity contribution in [3.05, 3.63) is 65.7 Å². The van der Waals surface area contributed by atoms with Crippen LogP contribution in [0.15, 0.2) is 54.6 Å². The molecule has 1 amide bonds. The fourth-order valence-electron chi connectivity index (χ4n) is 3.26. The molecule has 1 aliphatic heterocycles. The van der Waals surface area contributed by atoms with Gasteiger partial charge in [-0.15, -0.1) is 12.4 Å². The number of nitrogens with two attached hydrogens (primary N) is 1. The topological polar surface area (TPSA) is 55.6 Å². The molecular formula is C20H25ClN2O2. The van der Waals surface area contributed by atoms with Crippen LogP contribution >= 0.6 is 12.4 Å². The van der Waals surface area contributed by atoms with Crippen LogP contribution in [-0.2, 0) is 4.79 Å². The molecule has 3 atom stereocenters. The van der Waals surface area contributed by atoms with Gasteiger partial charge in [0.05, 0.1) is 0 Å². The minimum Gasteiger partial charge on any atom is -0.481 e. The van der Waals surface area contributed by atoms with Gasteiger partial charge in [-0.1, -0.05) is 42.5 Å². The molecule has 1 fully saturated rings. The number of carbonyl (C=O) groups excluding carboxylic acids is 1. The molecule has 134 valence electrons. The third kappa shape index (κ3) is 4.53. The summed E-state index contributed by atoms with van der Waals surface area (Å²) in [5.74, 6) is 0.894. The van der Waals surface area contributed by atoms with Crippen molar-refractivity contribution in [2.24, 2.45) is 5.73 Å². The summed E-state index contributed by atoms with van der Waals surface area (Å²) in [7, 11) is 0. The Kier molecular flexibility index (Phi) is 6.45. The van der Waals surface area contributed by atoms with Gasteiger partial charge in [-0.05, 0) is 37.1 Å². The SMILES string of the molecule is Cc1cccc(OC(C)C(=O)N2C[C@@H](N)[C@H](c3ccccc3)C2)c1.Cl. The molecule has 0 aliphatic carbocycles. The molecule has 4 nitrogen and oxygen atoms in total. The van der Waals surface area contributed by atoms with E-state index < -0.39 is 6.10 Å². The molecule has 0 aromatic heterocycles. The lowest BCUT2D eigenvalue weighted by Crippen LogP contribution is -2.40. The second-order valence-electron chi connectivity index (χ2n) is 6.50. The maximum atomic E-state index is 12.7. The van der Waals surface area contributed by atoms with Crippen molar-refractivity contribution in [3.63, 3.8) is 0 Å². The van der Waals surface area contributed by atoms with Crippen molar-refractivity contribution in [1.82, 2.24) is 4.90 Å². The average molecular weight is 361 g/mol. The molecule has 2 aromatic carbocycles. The number of aryl methyl sites for hydroxylation is 1. The molecule has 1 saturated heterocycles. The molecule has 2 aromatic rings. The third-order valence-electron chi connectivity index (χ3n) is 4.55. The highest BCUT2D eigenvalue weighted by Gasteiger charge is 2.35. The maximum absolute atomic E-state index is 12.7. The standard InChI is InChI=1S/C20H24N2O2.ClH/c1-14-7-6-10-17(11-14)24-15(2)20(23)22-12-18(19(21)13-22)16-8-4-3-5-9-16;/h3-11,15,18-19H,12-13,21H2,1-2H3;1H/t15?,18-,19+;/m0./s1. The molecule has 1 unspecified atom stereocenters. The normalized spacial score (nSPS) is 20.7. The van der Waals surface area contributed by atoms with Crippen molar-refractivity contribution in [2.75, 3.05) is 13.1 Å². The van der Waals surface area contributed by atoms with E-state index in [1.54, 1.807) is 6.92 Å². The first-order valence-electron chi connectivity index (χ1n) is 8.37. The van der Waals surface area contributed by atoms with E-state index in [0.29, 0.717) is 13.1 Å². The number of amides is 1. The quantitative estimate of drug-likeness (QED) is 0.911. The second kappa shape index (κ2) is 8.37. The summed E-state index contributed by atoms with van der Waals surface area (Å²) in [4.78, 5) is 14.5. The number of rotatable bonds is 4. The number of likely N-dealkylation sites (tertiary alicyclic amines) is 1. The zero-order valence-corrected chi connectivity index (χ0v) is 15.4. The van der Waals surface area contributed by atoms with E-state index in [4.69, 9.17) is 10.5 Å². The van der Waals surface area contributed by atoms with E-state index in [-0.39, 0.29) is 30.3 Å². The molecule has 1 aliphatic rings. The van der Waals surface area contributed by atoms with E-state index in [1.807, 2.05) is 54.3 Å². The molecule has 0 spiro atoms. The van der Waals surface area contributed by atoms with Crippen molar-refractivity contribution in [2.45, 2.75) is 31.9 Å². The number of hydrogen-bond acceptors (Lipinski definition) is 3. The molecule has 5 heteroatoms. The summed E-state index contributed by atoms with van der Waals surface area (Å²) in [5, 5.41) is 0. The lowest BCUT2D eigenvalue weighted by atomic mass is 9.95. The van der Waals surface area contributed by atoms with Gasteiger partial charge in [0.1, 0.15) is 5.75 Å². The van der Waals surface area contributed by atoms with Crippen molar-refractivity contribution in [3.8, 4) is 5.75 Å². The van der Waals surface area contributed by atoms with Gasteiger partial charge >= 0.3 is 0 Å². The highest BCUT2D eigenvalue weighted by molar-refractivity contribution is 5.85. The van der Waals surface area contributed by atoms with Crippen LogP contribution in [0.1, 0.15) is 24.0 Å². The van der Waals surface area contributed by atoms with E-state index in [2.05, 4.69) is 12.1 Å². The van der Waals surface area contributed by atoms with Gasteiger partial charge in [0.25, 0.3) is 5.91 Å². The van der Waals surface area contributed by atoms with Crippen LogP contribution in [0.25, 0.3) is 0 Å². The Hall–Kier alpha value is -2.04. The number of carbonyl (C=O) groups is 1. The number of benzene rings is 2. The van der Waals surface area contributed by atoms with Gasteiger partial charge < -0.3 is 15.4 Å². The summed E-state index contributed by atoms with van der Waals surface area (Å²) in [5.41, 5.74) is 8.58. The predicted molar refractivity (Wildman–Crippen MR) is 102 cm³/mol. The Bertz CT molecular complexity index is 708. The first kappa shape index (κ1) is 19.3. The van der Waals surface area contributed by atoms with E-state index in [0.717, 1.165) is 11.3 Å². The Morgan fingerprint density at radius 3 is 2.56 bits per heavy atom. The van der Waals surface area contributed by atoms with Gasteiger partial charge in [0, 0.05) is 25.0 Å². The van der Waals surface area contributed by atoms with Gasteiger partial charge in [-0.3, -0.25) is 4.79 Å². The molecule has 0 saturated carbocycles. The zero-order valence-electron chi connectivity index (χ0n) is 14.6. The van der Waals surface area contributed by atoms with Crippen molar-refractivity contribution in [1.29, 1.82) is 0 Å². The number of halogens is 1. The van der Waals surface area contributed by atoms with Gasteiger partial charge in [0.15, 0.2) is 6.10 Å². The van der Waals surface area contributed by atoms with Crippen LogP contribution in [0.2, 0.25) is 0 Å². The summed E-state index contributed by atoms with van der Waals surface area (Å²) >= 11 is 0. The van der Waals surface area contributed by atoms with Crippen LogP contribution in [0.5, 0.6) is 5.75 Å². The molecule has 3 rings (SSSR count). The van der Waals surface area contributed by atoms with Crippen LogP contribution < -0.4 is 10.5 Å². The highest BCUT2D eigenvalue weighted by Crippen LogP contribution is 2.27. The first-order valence-corrected chi connectivity index (χ1v) is 8.37. The minimum atomic E-state index is -0.520. The van der Waals surface area contributed by atoms with Crippen molar-refractivity contribution < 1.29 is 9.53 Å². The molecule has 0 bridgehead atoms. The molecule has 25 heavy (non-hydrogen) atoms. The third-order valence-corrected chi connectivity index (χ3v) is 4.55. The van der Waals surface area contributed by atoms with Gasteiger partial charge in [-0.2, -0.15) is 0 Å². The summed E-state index contributed by atoms with van der Waals surface area (Å²) in [6.07, 6.45) is -0.520. The van der Waals surface area contributed by atoms with E-state index in [1.165, 1.54) is 5.56 Å². The molecular weight excluding hydrogens is 336 g/mol. The number of nitrogens with zero attached hydrogens (tertiary/aromatic N) is 1. The van der Waals surface area contributed by atoms with E-state index >= 15 is 0 Å². The largest absolute Gasteiger partial charge is 0.481 e. The fraction of sp³-hybridized carbons (Fsp3) is 0.350. The molecule has 0 radical (unpaired) electrons. The monoisotopic (exact) mass is 360 g/mol. The summed E-state index contributed by atoms with van der Waals surface area (Å²) in [6.45, 7) is 5.01. The highest BCUT2D eigenvalue weighted by atomic mass is 35.5. The lowest BCUT2D eigenvalue weighted by Gasteiger charge is -2.22. The Morgan fingerprint density at radius 2 is 1.88 bits per heavy atom. The van der Waals surface area contributed by atoms with Gasteiger partial charge in [-0.25, -0.2) is 0 Å². The van der Waals surface area contributed by atoms with Crippen molar-refractivity contribution >= 4 is 18.3 Å². The van der Waals surface area contributed by atoms with Crippen LogP contribution in [0, 0.1) is 6.92 Å². The fourth-order valence-corrected chi connectivity index (χ4v) is 3.26. The molecule has 1 heterocycles. The number of hydrogen-bond donors (Lipinski definition) is 1. The predicted octanol–water partition coefficient (Wildman–Crippen LogP) is 3.14. The zero-order chi connectivity index (χ0) is 17.1. The lowest BCUT2D eigenvalue weighted by molar-refractivity contribution is -0.136. The first-order chi connectivity index (χ1) is 11.5. The van der Waals surface area contributed by atoms with Gasteiger partial charge in [0.2, 0.25) is 0 Å². The minimum absolute atomic E-state index is 0. The average Bonchev–Trinajstić information content (AvgIpc) is 2.96. The summed E-state index contributed by atoms with van der Waals surface area (Å²) < 4.78 is 5.81. The maximum Gasteiger partial charge on any atom is 0.263 e. The van der Waals surface area contributed by atoms with E-state index in [9.17, 15) is 4.79 Å². The smallest absolute Gasteiger partial charge is 0.263 e. The molecule has 2 N–H and O–H groups in total. The Labute approximate surface area is 155 Å². The van der Waals surface area contributed by atoms with Crippen LogP contribution in [0.4, 0.5) is 0 Å².